The fourth-order valence-electron chi connectivity index (χ4n) is 3.38. The van der Waals surface area contributed by atoms with Crippen molar-refractivity contribution in [2.24, 2.45) is 0 Å². The second-order valence-corrected chi connectivity index (χ2v) is 6.74. The van der Waals surface area contributed by atoms with E-state index in [0.29, 0.717) is 5.56 Å². The maximum atomic E-state index is 13.8. The van der Waals surface area contributed by atoms with E-state index in [1.807, 2.05) is 0 Å². The van der Waals surface area contributed by atoms with Gasteiger partial charge in [0.2, 0.25) is 0 Å². The molecule has 0 aliphatic carbocycles. The SMILES string of the molecule is CCC1(c2ccccc2)NC(=O)N(CC(=O)OC(C)c2cc(F)ccc2F)C1=O. The van der Waals surface area contributed by atoms with E-state index in [-0.39, 0.29) is 12.0 Å². The molecule has 2 unspecified atom stereocenters. The van der Waals surface area contributed by atoms with Crippen LogP contribution in [0, 0.1) is 11.6 Å². The van der Waals surface area contributed by atoms with Crippen LogP contribution in [0.5, 0.6) is 0 Å². The Morgan fingerprint density at radius 1 is 1.17 bits per heavy atom. The second-order valence-electron chi connectivity index (χ2n) is 6.74. The molecule has 1 saturated heterocycles. The topological polar surface area (TPSA) is 75.7 Å². The smallest absolute Gasteiger partial charge is 0.326 e. The molecule has 0 bridgehead atoms. The zero-order valence-corrected chi connectivity index (χ0v) is 15.9. The Morgan fingerprint density at radius 2 is 1.86 bits per heavy atom. The lowest BCUT2D eigenvalue weighted by Gasteiger charge is -2.25. The summed E-state index contributed by atoms with van der Waals surface area (Å²) in [7, 11) is 0. The number of nitrogens with one attached hydrogen (secondary N) is 1. The van der Waals surface area contributed by atoms with E-state index in [1.54, 1.807) is 37.3 Å². The first-order chi connectivity index (χ1) is 13.8. The Hall–Kier alpha value is -3.29. The summed E-state index contributed by atoms with van der Waals surface area (Å²) in [4.78, 5) is 38.4. The van der Waals surface area contributed by atoms with Crippen LogP contribution in [0.1, 0.15) is 37.5 Å². The highest BCUT2D eigenvalue weighted by Crippen LogP contribution is 2.32. The molecule has 1 aliphatic heterocycles. The van der Waals surface area contributed by atoms with Crippen LogP contribution in [0.15, 0.2) is 48.5 Å². The van der Waals surface area contributed by atoms with Crippen molar-refractivity contribution in [2.45, 2.75) is 31.9 Å². The van der Waals surface area contributed by atoms with Crippen molar-refractivity contribution in [3.05, 3.63) is 71.3 Å². The van der Waals surface area contributed by atoms with Gasteiger partial charge in [0.15, 0.2) is 0 Å². The number of benzene rings is 2. The lowest BCUT2D eigenvalue weighted by atomic mass is 9.87. The van der Waals surface area contributed by atoms with E-state index in [2.05, 4.69) is 5.32 Å². The van der Waals surface area contributed by atoms with Gasteiger partial charge in [-0.05, 0) is 37.1 Å². The summed E-state index contributed by atoms with van der Waals surface area (Å²) >= 11 is 0. The summed E-state index contributed by atoms with van der Waals surface area (Å²) in [6, 6.07) is 10.8. The molecule has 29 heavy (non-hydrogen) atoms. The van der Waals surface area contributed by atoms with Crippen LogP contribution in [0.25, 0.3) is 0 Å². The van der Waals surface area contributed by atoms with Crippen molar-refractivity contribution in [1.29, 1.82) is 0 Å². The Bertz CT molecular complexity index is 951. The number of carbonyl (C=O) groups is 3. The van der Waals surface area contributed by atoms with Crippen LogP contribution in [-0.4, -0.2) is 29.4 Å². The van der Waals surface area contributed by atoms with Crippen LogP contribution < -0.4 is 5.32 Å². The van der Waals surface area contributed by atoms with Gasteiger partial charge in [-0.25, -0.2) is 13.6 Å². The Balaban J connectivity index is 1.74. The molecule has 0 saturated carbocycles. The van der Waals surface area contributed by atoms with Crippen molar-refractivity contribution >= 4 is 17.9 Å². The highest BCUT2D eigenvalue weighted by atomic mass is 19.1. The molecule has 3 amide bonds. The number of nitrogens with zero attached hydrogens (tertiary/aromatic N) is 1. The third-order valence-electron chi connectivity index (χ3n) is 4.96. The van der Waals surface area contributed by atoms with E-state index in [1.165, 1.54) is 6.92 Å². The molecule has 8 heteroatoms. The number of esters is 1. The van der Waals surface area contributed by atoms with Crippen molar-refractivity contribution in [3.8, 4) is 0 Å². The second kappa shape index (κ2) is 7.98. The summed E-state index contributed by atoms with van der Waals surface area (Å²) in [6.45, 7) is 2.49. The number of amides is 3. The van der Waals surface area contributed by atoms with Crippen LogP contribution in [-0.2, 0) is 19.9 Å². The average molecular weight is 402 g/mol. The first-order valence-corrected chi connectivity index (χ1v) is 9.12. The number of ether oxygens (including phenoxy) is 1. The van der Waals surface area contributed by atoms with Gasteiger partial charge in [0, 0.05) is 5.56 Å². The highest BCUT2D eigenvalue weighted by Gasteiger charge is 2.51. The van der Waals surface area contributed by atoms with E-state index in [0.717, 1.165) is 23.1 Å². The molecule has 1 heterocycles. The number of halogens is 2. The predicted molar refractivity (Wildman–Crippen MR) is 99.5 cm³/mol. The van der Waals surface area contributed by atoms with Gasteiger partial charge in [0.05, 0.1) is 0 Å². The summed E-state index contributed by atoms with van der Waals surface area (Å²) in [5.41, 5.74) is -0.798. The molecule has 1 aliphatic rings. The Labute approximate surface area is 166 Å². The van der Waals surface area contributed by atoms with Crippen LogP contribution in [0.2, 0.25) is 0 Å². The van der Waals surface area contributed by atoms with Gasteiger partial charge < -0.3 is 10.1 Å². The molecule has 2 aromatic carbocycles. The van der Waals surface area contributed by atoms with Gasteiger partial charge in [-0.1, -0.05) is 37.3 Å². The maximum absolute atomic E-state index is 13.8. The summed E-state index contributed by atoms with van der Waals surface area (Å²) < 4.78 is 32.3. The fraction of sp³-hybridized carbons (Fsp3) is 0.286. The number of hydrogen-bond donors (Lipinski definition) is 1. The lowest BCUT2D eigenvalue weighted by molar-refractivity contribution is -0.152. The third kappa shape index (κ3) is 3.83. The molecular weight excluding hydrogens is 382 g/mol. The van der Waals surface area contributed by atoms with E-state index in [4.69, 9.17) is 4.74 Å². The summed E-state index contributed by atoms with van der Waals surface area (Å²) in [5, 5.41) is 2.66. The van der Waals surface area contributed by atoms with Crippen molar-refractivity contribution in [2.75, 3.05) is 6.54 Å². The largest absolute Gasteiger partial charge is 0.456 e. The minimum Gasteiger partial charge on any atom is -0.456 e. The maximum Gasteiger partial charge on any atom is 0.326 e. The Kier molecular flexibility index (Phi) is 5.63. The molecule has 6 nitrogen and oxygen atoms in total. The van der Waals surface area contributed by atoms with Gasteiger partial charge in [-0.3, -0.25) is 14.5 Å². The minimum absolute atomic E-state index is 0.136. The number of hydrogen-bond acceptors (Lipinski definition) is 4. The fourth-order valence-corrected chi connectivity index (χ4v) is 3.38. The van der Waals surface area contributed by atoms with Gasteiger partial charge in [0.25, 0.3) is 5.91 Å². The standard InChI is InChI=1S/C21H20F2N2O4/c1-3-21(14-7-5-4-6-8-14)19(27)25(20(28)24-21)12-18(26)29-13(2)16-11-15(22)9-10-17(16)23/h4-11,13H,3,12H2,1-2H3,(H,24,28). The van der Waals surface area contributed by atoms with Gasteiger partial charge in [-0.15, -0.1) is 0 Å². The van der Waals surface area contributed by atoms with Crippen LogP contribution in [0.4, 0.5) is 13.6 Å². The number of carbonyl (C=O) groups excluding carboxylic acids is 3. The van der Waals surface area contributed by atoms with Crippen molar-refractivity contribution < 1.29 is 27.9 Å². The van der Waals surface area contributed by atoms with Gasteiger partial charge in [0.1, 0.15) is 29.8 Å². The monoisotopic (exact) mass is 402 g/mol. The quantitative estimate of drug-likeness (QED) is 0.593. The van der Waals surface area contributed by atoms with Crippen molar-refractivity contribution in [3.63, 3.8) is 0 Å². The first kappa shape index (κ1) is 20.4. The molecule has 0 radical (unpaired) electrons. The van der Waals surface area contributed by atoms with E-state index in [9.17, 15) is 23.2 Å². The van der Waals surface area contributed by atoms with E-state index >= 15 is 0 Å². The zero-order valence-electron chi connectivity index (χ0n) is 15.9. The molecule has 1 N–H and O–H groups in total. The van der Waals surface area contributed by atoms with Gasteiger partial charge in [-0.2, -0.15) is 0 Å². The predicted octanol–water partition coefficient (Wildman–Crippen LogP) is 3.43. The number of urea groups is 1. The molecule has 0 aromatic heterocycles. The van der Waals surface area contributed by atoms with Crippen molar-refractivity contribution in [1.82, 2.24) is 10.2 Å². The minimum atomic E-state index is -1.26. The zero-order chi connectivity index (χ0) is 21.2. The van der Waals surface area contributed by atoms with Crippen LogP contribution >= 0.6 is 0 Å². The molecule has 2 aromatic rings. The highest BCUT2D eigenvalue weighted by molar-refractivity contribution is 6.09. The van der Waals surface area contributed by atoms with Gasteiger partial charge >= 0.3 is 12.0 Å². The summed E-state index contributed by atoms with van der Waals surface area (Å²) in [5.74, 6) is -2.88. The third-order valence-corrected chi connectivity index (χ3v) is 4.96. The molecule has 0 spiro atoms. The number of rotatable bonds is 6. The lowest BCUT2D eigenvalue weighted by Crippen LogP contribution is -2.44. The van der Waals surface area contributed by atoms with E-state index < -0.39 is 47.7 Å². The molecule has 3 rings (SSSR count). The van der Waals surface area contributed by atoms with Crippen LogP contribution in [0.3, 0.4) is 0 Å². The molecular formula is C21H20F2N2O4. The molecule has 2 atom stereocenters. The number of imide groups is 1. The average Bonchev–Trinajstić information content (AvgIpc) is 2.95. The molecule has 1 fully saturated rings. The summed E-state index contributed by atoms with van der Waals surface area (Å²) in [6.07, 6.45) is -0.804. The normalized spacial score (nSPS) is 19.8. The first-order valence-electron chi connectivity index (χ1n) is 9.12. The molecule has 152 valence electrons. The Morgan fingerprint density at radius 3 is 2.52 bits per heavy atom.